The van der Waals surface area contributed by atoms with Crippen LogP contribution in [0.4, 0.5) is 22.0 Å². The van der Waals surface area contributed by atoms with Gasteiger partial charge in [0.25, 0.3) is 0 Å². The highest BCUT2D eigenvalue weighted by molar-refractivity contribution is 7.99. The number of aliphatic carboxylic acids is 1. The summed E-state index contributed by atoms with van der Waals surface area (Å²) in [5.41, 5.74) is 0. The fourth-order valence-corrected chi connectivity index (χ4v) is 3.35. The molecule has 0 bridgehead atoms. The molecule has 0 fully saturated rings. The zero-order valence-corrected chi connectivity index (χ0v) is 14.4. The van der Waals surface area contributed by atoms with Crippen LogP contribution in [0.15, 0.2) is 0 Å². The van der Waals surface area contributed by atoms with E-state index in [4.69, 9.17) is 5.11 Å². The molecule has 0 saturated carbocycles. The highest BCUT2D eigenvalue weighted by atomic mass is 32.2. The standard InChI is InChI=1S/C15H25F5O2S/c1-10(2)8-12(13(21)22)9-11(3)23-7-5-4-6-14(16,17)15(18,19)20/h10-12H,4-9H2,1-3H3,(H,21,22). The monoisotopic (exact) mass is 364 g/mol. The van der Waals surface area contributed by atoms with Crippen molar-refractivity contribution >= 4 is 17.7 Å². The van der Waals surface area contributed by atoms with E-state index in [1.54, 1.807) is 0 Å². The fraction of sp³-hybridized carbons (Fsp3) is 0.933. The lowest BCUT2D eigenvalue weighted by Gasteiger charge is -2.20. The van der Waals surface area contributed by atoms with Gasteiger partial charge in [-0.1, -0.05) is 20.8 Å². The third-order valence-corrected chi connectivity index (χ3v) is 4.71. The predicted molar refractivity (Wildman–Crippen MR) is 82.0 cm³/mol. The van der Waals surface area contributed by atoms with Crippen LogP contribution in [0.5, 0.6) is 0 Å². The normalized spacial score (nSPS) is 15.7. The summed E-state index contributed by atoms with van der Waals surface area (Å²) < 4.78 is 61.4. The Balaban J connectivity index is 4.03. The first-order chi connectivity index (χ1) is 10.4. The Bertz CT molecular complexity index is 358. The van der Waals surface area contributed by atoms with Crippen molar-refractivity contribution in [2.75, 3.05) is 5.75 Å². The smallest absolute Gasteiger partial charge is 0.453 e. The second-order valence-corrected chi connectivity index (χ2v) is 7.79. The minimum Gasteiger partial charge on any atom is -0.481 e. The Morgan fingerprint density at radius 3 is 2.04 bits per heavy atom. The molecule has 138 valence electrons. The van der Waals surface area contributed by atoms with Gasteiger partial charge in [0.1, 0.15) is 0 Å². The molecule has 0 spiro atoms. The summed E-state index contributed by atoms with van der Waals surface area (Å²) >= 11 is 1.42. The molecule has 0 rings (SSSR count). The first-order valence-corrected chi connectivity index (χ1v) is 8.70. The lowest BCUT2D eigenvalue weighted by molar-refractivity contribution is -0.284. The van der Waals surface area contributed by atoms with E-state index >= 15 is 0 Å². The number of carboxylic acid groups (broad SMARTS) is 1. The van der Waals surface area contributed by atoms with Gasteiger partial charge in [-0.2, -0.15) is 33.7 Å². The van der Waals surface area contributed by atoms with Gasteiger partial charge in [-0.25, -0.2) is 0 Å². The number of rotatable bonds is 11. The summed E-state index contributed by atoms with van der Waals surface area (Å²) in [6, 6.07) is 0. The quantitative estimate of drug-likeness (QED) is 0.382. The number of hydrogen-bond acceptors (Lipinski definition) is 2. The maximum Gasteiger partial charge on any atom is 0.453 e. The second kappa shape index (κ2) is 9.69. The maximum atomic E-state index is 12.7. The van der Waals surface area contributed by atoms with Gasteiger partial charge in [0.05, 0.1) is 5.92 Å². The molecular formula is C15H25F5O2S. The largest absolute Gasteiger partial charge is 0.481 e. The Labute approximate surface area is 138 Å². The Morgan fingerprint density at radius 2 is 1.61 bits per heavy atom. The van der Waals surface area contributed by atoms with Gasteiger partial charge >= 0.3 is 18.1 Å². The van der Waals surface area contributed by atoms with Gasteiger partial charge in [0.2, 0.25) is 0 Å². The van der Waals surface area contributed by atoms with Gasteiger partial charge in [0, 0.05) is 11.7 Å². The summed E-state index contributed by atoms with van der Waals surface area (Å²) in [7, 11) is 0. The molecule has 0 heterocycles. The van der Waals surface area contributed by atoms with E-state index in [2.05, 4.69) is 0 Å². The van der Waals surface area contributed by atoms with Crippen LogP contribution in [-0.4, -0.2) is 34.2 Å². The first-order valence-electron chi connectivity index (χ1n) is 7.65. The molecule has 0 radical (unpaired) electrons. The van der Waals surface area contributed by atoms with Crippen LogP contribution in [0.25, 0.3) is 0 Å². The predicted octanol–water partition coefficient (Wildman–Crippen LogP) is 5.61. The van der Waals surface area contributed by atoms with Crippen molar-refractivity contribution in [1.82, 2.24) is 0 Å². The van der Waals surface area contributed by atoms with Crippen molar-refractivity contribution in [1.29, 1.82) is 0 Å². The number of halogens is 5. The number of alkyl halides is 5. The van der Waals surface area contributed by atoms with E-state index in [1.807, 2.05) is 20.8 Å². The second-order valence-electron chi connectivity index (χ2n) is 6.24. The molecule has 0 aromatic heterocycles. The molecule has 2 nitrogen and oxygen atoms in total. The van der Waals surface area contributed by atoms with Crippen molar-refractivity contribution in [3.63, 3.8) is 0 Å². The molecule has 0 aromatic rings. The molecule has 1 N–H and O–H groups in total. The average Bonchev–Trinajstić information content (AvgIpc) is 2.35. The molecule has 0 aliphatic heterocycles. The highest BCUT2D eigenvalue weighted by Gasteiger charge is 2.56. The van der Waals surface area contributed by atoms with Crippen LogP contribution < -0.4 is 0 Å². The van der Waals surface area contributed by atoms with E-state index in [0.717, 1.165) is 0 Å². The summed E-state index contributed by atoms with van der Waals surface area (Å²) in [5.74, 6) is -5.22. The summed E-state index contributed by atoms with van der Waals surface area (Å²) in [4.78, 5) is 11.2. The van der Waals surface area contributed by atoms with Gasteiger partial charge in [-0.15, -0.1) is 0 Å². The molecule has 0 amide bonds. The molecule has 2 atom stereocenters. The topological polar surface area (TPSA) is 37.3 Å². The van der Waals surface area contributed by atoms with Gasteiger partial charge in [-0.05, 0) is 37.4 Å². The number of thioether (sulfide) groups is 1. The molecule has 8 heteroatoms. The van der Waals surface area contributed by atoms with Crippen molar-refractivity contribution in [3.05, 3.63) is 0 Å². The minimum absolute atomic E-state index is 0.0259. The fourth-order valence-electron chi connectivity index (χ4n) is 2.21. The van der Waals surface area contributed by atoms with Gasteiger partial charge in [-0.3, -0.25) is 4.79 Å². The van der Waals surface area contributed by atoms with E-state index in [1.165, 1.54) is 11.8 Å². The molecule has 2 unspecified atom stereocenters. The third-order valence-electron chi connectivity index (χ3n) is 3.42. The number of carbonyl (C=O) groups is 1. The summed E-state index contributed by atoms with van der Waals surface area (Å²) in [5, 5.41) is 9.17. The lowest BCUT2D eigenvalue weighted by Crippen LogP contribution is -2.36. The van der Waals surface area contributed by atoms with Gasteiger partial charge in [0.15, 0.2) is 0 Å². The zero-order chi connectivity index (χ0) is 18.3. The SMILES string of the molecule is CC(C)CC(CC(C)SCCCCC(F)(F)C(F)(F)F)C(=O)O. The Kier molecular flexibility index (Phi) is 9.47. The third kappa shape index (κ3) is 9.37. The zero-order valence-electron chi connectivity index (χ0n) is 13.6. The molecule has 0 aliphatic carbocycles. The first kappa shape index (κ1) is 22.5. The Hall–Kier alpha value is -0.530. The van der Waals surface area contributed by atoms with E-state index < -0.39 is 30.4 Å². The van der Waals surface area contributed by atoms with Gasteiger partial charge < -0.3 is 5.11 Å². The van der Waals surface area contributed by atoms with E-state index in [0.29, 0.717) is 18.6 Å². The van der Waals surface area contributed by atoms with Crippen LogP contribution in [-0.2, 0) is 4.79 Å². The summed E-state index contributed by atoms with van der Waals surface area (Å²) in [6.45, 7) is 5.73. The molecule has 23 heavy (non-hydrogen) atoms. The van der Waals surface area contributed by atoms with E-state index in [-0.39, 0.29) is 24.0 Å². The van der Waals surface area contributed by atoms with Crippen molar-refractivity contribution in [3.8, 4) is 0 Å². The summed E-state index contributed by atoms with van der Waals surface area (Å²) in [6.07, 6.45) is -5.60. The van der Waals surface area contributed by atoms with Crippen molar-refractivity contribution < 1.29 is 31.9 Å². The van der Waals surface area contributed by atoms with Crippen LogP contribution in [0.3, 0.4) is 0 Å². The number of hydrogen-bond donors (Lipinski definition) is 1. The van der Waals surface area contributed by atoms with Crippen LogP contribution >= 0.6 is 11.8 Å². The van der Waals surface area contributed by atoms with Crippen molar-refractivity contribution in [2.24, 2.45) is 11.8 Å². The Morgan fingerprint density at radius 1 is 1.04 bits per heavy atom. The maximum absolute atomic E-state index is 12.7. The van der Waals surface area contributed by atoms with Crippen LogP contribution in [0.2, 0.25) is 0 Å². The lowest BCUT2D eigenvalue weighted by atomic mass is 9.93. The highest BCUT2D eigenvalue weighted by Crippen LogP contribution is 2.39. The van der Waals surface area contributed by atoms with Crippen LogP contribution in [0, 0.1) is 11.8 Å². The molecule has 0 aliphatic rings. The van der Waals surface area contributed by atoms with Crippen molar-refractivity contribution in [2.45, 2.75) is 70.2 Å². The average molecular weight is 364 g/mol. The molecule has 0 aromatic carbocycles. The molecular weight excluding hydrogens is 339 g/mol. The minimum atomic E-state index is -5.49. The number of carboxylic acids is 1. The number of unbranched alkanes of at least 4 members (excludes halogenated alkanes) is 1. The van der Waals surface area contributed by atoms with Crippen LogP contribution in [0.1, 0.15) is 52.9 Å². The van der Waals surface area contributed by atoms with E-state index in [9.17, 15) is 26.7 Å². The molecule has 0 saturated heterocycles.